The van der Waals surface area contributed by atoms with E-state index in [1.807, 2.05) is 31.2 Å². The normalized spacial score (nSPS) is 20.3. The van der Waals surface area contributed by atoms with Crippen molar-refractivity contribution in [2.24, 2.45) is 5.92 Å². The molecule has 2 aromatic carbocycles. The number of carbonyl (C=O) groups is 2. The van der Waals surface area contributed by atoms with Crippen LogP contribution in [0.4, 0.5) is 15.8 Å². The van der Waals surface area contributed by atoms with Crippen LogP contribution in [0, 0.1) is 11.7 Å². The number of nitrogens with one attached hydrogen (secondary N) is 1. The topological polar surface area (TPSA) is 61.9 Å². The van der Waals surface area contributed by atoms with Gasteiger partial charge in [0.2, 0.25) is 11.8 Å². The molecule has 1 saturated heterocycles. The first-order valence-corrected chi connectivity index (χ1v) is 10.8. The summed E-state index contributed by atoms with van der Waals surface area (Å²) in [7, 11) is 0. The van der Waals surface area contributed by atoms with E-state index >= 15 is 0 Å². The SMILES string of the molecule is CCN(CC(=O)Nc1ccc(N2CCOCC2)cc1)C(=O)C1CC1c1ccc(F)cc1. The van der Waals surface area contributed by atoms with Gasteiger partial charge in [-0.3, -0.25) is 9.59 Å². The molecule has 31 heavy (non-hydrogen) atoms. The highest BCUT2D eigenvalue weighted by atomic mass is 19.1. The van der Waals surface area contributed by atoms with E-state index in [1.54, 1.807) is 17.0 Å². The number of anilines is 2. The summed E-state index contributed by atoms with van der Waals surface area (Å²) in [5, 5.41) is 2.88. The Labute approximate surface area is 182 Å². The average Bonchev–Trinajstić information content (AvgIpc) is 3.59. The largest absolute Gasteiger partial charge is 0.378 e. The van der Waals surface area contributed by atoms with Gasteiger partial charge in [0.05, 0.1) is 19.8 Å². The highest BCUT2D eigenvalue weighted by Crippen LogP contribution is 2.48. The van der Waals surface area contributed by atoms with Gasteiger partial charge in [-0.1, -0.05) is 12.1 Å². The second-order valence-corrected chi connectivity index (χ2v) is 8.05. The molecule has 0 bridgehead atoms. The van der Waals surface area contributed by atoms with Gasteiger partial charge in [-0.2, -0.15) is 0 Å². The van der Waals surface area contributed by atoms with Gasteiger partial charge in [0, 0.05) is 36.9 Å². The van der Waals surface area contributed by atoms with Crippen molar-refractivity contribution in [3.8, 4) is 0 Å². The molecule has 0 aromatic heterocycles. The molecule has 1 heterocycles. The molecule has 0 spiro atoms. The second-order valence-electron chi connectivity index (χ2n) is 8.05. The van der Waals surface area contributed by atoms with Crippen molar-refractivity contribution in [3.05, 3.63) is 59.9 Å². The molecule has 1 saturated carbocycles. The number of ether oxygens (including phenoxy) is 1. The number of rotatable bonds is 7. The van der Waals surface area contributed by atoms with E-state index in [1.165, 1.54) is 12.1 Å². The van der Waals surface area contributed by atoms with Crippen LogP contribution in [-0.2, 0) is 14.3 Å². The van der Waals surface area contributed by atoms with Crippen LogP contribution in [0.15, 0.2) is 48.5 Å². The lowest BCUT2D eigenvalue weighted by molar-refractivity contribution is -0.135. The van der Waals surface area contributed by atoms with E-state index in [0.717, 1.165) is 44.0 Å². The molecule has 164 valence electrons. The predicted octanol–water partition coefficient (Wildman–Crippen LogP) is 3.25. The second kappa shape index (κ2) is 9.47. The maximum atomic E-state index is 13.1. The number of benzene rings is 2. The fourth-order valence-corrected chi connectivity index (χ4v) is 4.08. The minimum atomic E-state index is -0.280. The highest BCUT2D eigenvalue weighted by molar-refractivity contribution is 5.95. The van der Waals surface area contributed by atoms with Crippen molar-refractivity contribution < 1.29 is 18.7 Å². The zero-order valence-electron chi connectivity index (χ0n) is 17.7. The summed E-state index contributed by atoms with van der Waals surface area (Å²) in [5.74, 6) is -0.538. The maximum Gasteiger partial charge on any atom is 0.243 e. The highest BCUT2D eigenvalue weighted by Gasteiger charge is 2.45. The lowest BCUT2D eigenvalue weighted by atomic mass is 10.1. The molecule has 2 unspecified atom stereocenters. The molecule has 2 fully saturated rings. The van der Waals surface area contributed by atoms with Crippen LogP contribution in [-0.4, -0.2) is 56.1 Å². The Bertz CT molecular complexity index is 911. The van der Waals surface area contributed by atoms with Crippen molar-refractivity contribution in [1.29, 1.82) is 0 Å². The number of hydrogen-bond acceptors (Lipinski definition) is 4. The standard InChI is InChI=1S/C24H28FN3O3/c1-2-27(24(30)22-15-21(22)17-3-5-18(25)6-4-17)16-23(29)26-19-7-9-20(10-8-19)28-11-13-31-14-12-28/h3-10,21-22H,2,11-16H2,1H3,(H,26,29). The van der Waals surface area contributed by atoms with Gasteiger partial charge in [-0.25, -0.2) is 4.39 Å². The summed E-state index contributed by atoms with van der Waals surface area (Å²) in [4.78, 5) is 29.2. The summed E-state index contributed by atoms with van der Waals surface area (Å²) in [6.07, 6.45) is 0.742. The van der Waals surface area contributed by atoms with Crippen LogP contribution in [0.2, 0.25) is 0 Å². The molecular formula is C24H28FN3O3. The number of nitrogens with zero attached hydrogens (tertiary/aromatic N) is 2. The molecule has 2 amide bonds. The van der Waals surface area contributed by atoms with Crippen molar-refractivity contribution >= 4 is 23.2 Å². The smallest absolute Gasteiger partial charge is 0.243 e. The minimum Gasteiger partial charge on any atom is -0.378 e. The summed E-state index contributed by atoms with van der Waals surface area (Å²) in [5.41, 5.74) is 2.79. The summed E-state index contributed by atoms with van der Waals surface area (Å²) in [6.45, 7) is 5.53. The molecule has 1 aliphatic carbocycles. The molecule has 1 aliphatic heterocycles. The predicted molar refractivity (Wildman–Crippen MR) is 118 cm³/mol. The van der Waals surface area contributed by atoms with Crippen LogP contribution < -0.4 is 10.2 Å². The van der Waals surface area contributed by atoms with E-state index in [4.69, 9.17) is 4.74 Å². The van der Waals surface area contributed by atoms with Crippen molar-refractivity contribution in [2.45, 2.75) is 19.3 Å². The van der Waals surface area contributed by atoms with Crippen molar-refractivity contribution in [3.63, 3.8) is 0 Å². The molecule has 1 N–H and O–H groups in total. The Morgan fingerprint density at radius 2 is 1.77 bits per heavy atom. The molecular weight excluding hydrogens is 397 g/mol. The number of halogens is 1. The van der Waals surface area contributed by atoms with Gasteiger partial charge < -0.3 is 19.9 Å². The van der Waals surface area contributed by atoms with Crippen molar-refractivity contribution in [2.75, 3.05) is 49.6 Å². The van der Waals surface area contributed by atoms with Gasteiger partial charge in [0.1, 0.15) is 5.82 Å². The molecule has 4 rings (SSSR count). The molecule has 2 aromatic rings. The fraction of sp³-hybridized carbons (Fsp3) is 0.417. The molecule has 2 atom stereocenters. The lowest BCUT2D eigenvalue weighted by Crippen LogP contribution is -2.39. The Morgan fingerprint density at radius 1 is 1.10 bits per heavy atom. The third kappa shape index (κ3) is 5.22. The number of likely N-dealkylation sites (N-methyl/N-ethyl adjacent to an activating group) is 1. The zero-order valence-corrected chi connectivity index (χ0v) is 17.7. The minimum absolute atomic E-state index is 0.0189. The van der Waals surface area contributed by atoms with Crippen molar-refractivity contribution in [1.82, 2.24) is 4.90 Å². The van der Waals surface area contributed by atoms with E-state index < -0.39 is 0 Å². The molecule has 2 aliphatic rings. The third-order valence-electron chi connectivity index (χ3n) is 5.96. The van der Waals surface area contributed by atoms with Gasteiger partial charge in [-0.05, 0) is 61.2 Å². The third-order valence-corrected chi connectivity index (χ3v) is 5.96. The number of hydrogen-bond donors (Lipinski definition) is 1. The zero-order chi connectivity index (χ0) is 21.8. The first-order chi connectivity index (χ1) is 15.0. The van der Waals surface area contributed by atoms with Crippen LogP contribution in [0.25, 0.3) is 0 Å². The quantitative estimate of drug-likeness (QED) is 0.740. The maximum absolute atomic E-state index is 13.1. The summed E-state index contributed by atoms with van der Waals surface area (Å²) in [6, 6.07) is 14.0. The van der Waals surface area contributed by atoms with Gasteiger partial charge in [0.15, 0.2) is 0 Å². The van der Waals surface area contributed by atoms with E-state index in [9.17, 15) is 14.0 Å². The van der Waals surface area contributed by atoms with E-state index in [-0.39, 0.29) is 36.0 Å². The van der Waals surface area contributed by atoms with Crippen LogP contribution in [0.3, 0.4) is 0 Å². The average molecular weight is 426 g/mol. The van der Waals surface area contributed by atoms with Gasteiger partial charge >= 0.3 is 0 Å². The molecule has 6 nitrogen and oxygen atoms in total. The summed E-state index contributed by atoms with van der Waals surface area (Å²) >= 11 is 0. The molecule has 0 radical (unpaired) electrons. The van der Waals surface area contributed by atoms with Gasteiger partial charge in [-0.15, -0.1) is 0 Å². The van der Waals surface area contributed by atoms with Crippen LogP contribution in [0.1, 0.15) is 24.8 Å². The summed E-state index contributed by atoms with van der Waals surface area (Å²) < 4.78 is 18.5. The van der Waals surface area contributed by atoms with E-state index in [0.29, 0.717) is 12.2 Å². The molecule has 7 heteroatoms. The Balaban J connectivity index is 1.29. The number of amides is 2. The fourth-order valence-electron chi connectivity index (χ4n) is 4.08. The lowest BCUT2D eigenvalue weighted by Gasteiger charge is -2.29. The Kier molecular flexibility index (Phi) is 6.51. The van der Waals surface area contributed by atoms with Gasteiger partial charge in [0.25, 0.3) is 0 Å². The first kappa shape index (κ1) is 21.3. The Morgan fingerprint density at radius 3 is 2.42 bits per heavy atom. The van der Waals surface area contributed by atoms with Crippen LogP contribution in [0.5, 0.6) is 0 Å². The monoisotopic (exact) mass is 425 g/mol. The first-order valence-electron chi connectivity index (χ1n) is 10.8. The van der Waals surface area contributed by atoms with E-state index in [2.05, 4.69) is 10.2 Å². The Hall–Kier alpha value is -2.93. The number of morpholine rings is 1. The van der Waals surface area contributed by atoms with Crippen LogP contribution >= 0.6 is 0 Å². The number of carbonyl (C=O) groups excluding carboxylic acids is 2.